The minimum Gasteiger partial charge on any atom is -0.478 e. The summed E-state index contributed by atoms with van der Waals surface area (Å²) in [6, 6.07) is -1.00. The number of carboxylic acids is 1. The van der Waals surface area contributed by atoms with E-state index in [-0.39, 0.29) is 35.4 Å². The SMILES string of the molecule is CCC(C)N1CCCC[C@@H]1C(=O)N[C@H](C(=O)N(C)[C@H](C=C(C)C(=O)O)C(C)C)C(C)(C)C. The van der Waals surface area contributed by atoms with Gasteiger partial charge >= 0.3 is 5.97 Å². The highest BCUT2D eigenvalue weighted by atomic mass is 16.4. The number of piperidine rings is 1. The van der Waals surface area contributed by atoms with Gasteiger partial charge in [0.05, 0.1) is 12.1 Å². The number of carbonyl (C=O) groups is 3. The van der Waals surface area contributed by atoms with Crippen LogP contribution >= 0.6 is 0 Å². The number of likely N-dealkylation sites (tertiary alicyclic amines) is 1. The summed E-state index contributed by atoms with van der Waals surface area (Å²) in [7, 11) is 1.69. The van der Waals surface area contributed by atoms with Crippen LogP contribution in [0.2, 0.25) is 0 Å². The third-order valence-corrected chi connectivity index (χ3v) is 6.64. The number of amides is 2. The van der Waals surface area contributed by atoms with Crippen molar-refractivity contribution >= 4 is 17.8 Å². The summed E-state index contributed by atoms with van der Waals surface area (Å²) in [5.41, 5.74) is -0.296. The second kappa shape index (κ2) is 11.8. The lowest BCUT2D eigenvalue weighted by Gasteiger charge is -2.41. The van der Waals surface area contributed by atoms with Crippen molar-refractivity contribution in [3.8, 4) is 0 Å². The van der Waals surface area contributed by atoms with Gasteiger partial charge in [-0.15, -0.1) is 0 Å². The molecular formula is C25H45N3O4. The second-order valence-electron chi connectivity index (χ2n) is 10.7. The normalized spacial score (nSPS) is 21.1. The van der Waals surface area contributed by atoms with E-state index in [0.717, 1.165) is 32.2 Å². The van der Waals surface area contributed by atoms with E-state index in [1.165, 1.54) is 6.92 Å². The van der Waals surface area contributed by atoms with Crippen LogP contribution in [0.25, 0.3) is 0 Å². The summed E-state index contributed by atoms with van der Waals surface area (Å²) < 4.78 is 0. The molecule has 184 valence electrons. The molecule has 1 heterocycles. The van der Waals surface area contributed by atoms with Gasteiger partial charge in [0.1, 0.15) is 6.04 Å². The van der Waals surface area contributed by atoms with Crippen LogP contribution in [0.3, 0.4) is 0 Å². The first-order valence-corrected chi connectivity index (χ1v) is 12.0. The predicted octanol–water partition coefficient (Wildman–Crippen LogP) is 3.68. The highest BCUT2D eigenvalue weighted by molar-refractivity contribution is 5.91. The number of aliphatic carboxylic acids is 1. The third-order valence-electron chi connectivity index (χ3n) is 6.64. The Kier molecular flexibility index (Phi) is 10.4. The molecule has 0 aromatic heterocycles. The number of likely N-dealkylation sites (N-methyl/N-ethyl adjacent to an activating group) is 1. The van der Waals surface area contributed by atoms with Gasteiger partial charge in [-0.05, 0) is 51.0 Å². The highest BCUT2D eigenvalue weighted by Crippen LogP contribution is 2.26. The Balaban J connectivity index is 3.16. The lowest BCUT2D eigenvalue weighted by Crippen LogP contribution is -2.60. The fourth-order valence-corrected chi connectivity index (χ4v) is 4.31. The van der Waals surface area contributed by atoms with Crippen LogP contribution in [-0.4, -0.2) is 70.4 Å². The van der Waals surface area contributed by atoms with Crippen molar-refractivity contribution in [2.24, 2.45) is 11.3 Å². The molecule has 7 heteroatoms. The van der Waals surface area contributed by atoms with Crippen molar-refractivity contribution < 1.29 is 19.5 Å². The van der Waals surface area contributed by atoms with Crippen molar-refractivity contribution in [3.05, 3.63) is 11.6 Å². The van der Waals surface area contributed by atoms with E-state index >= 15 is 0 Å². The molecule has 7 nitrogen and oxygen atoms in total. The molecule has 0 aliphatic carbocycles. The highest BCUT2D eigenvalue weighted by Gasteiger charge is 2.40. The van der Waals surface area contributed by atoms with Gasteiger partial charge in [0.2, 0.25) is 11.8 Å². The Morgan fingerprint density at radius 3 is 2.25 bits per heavy atom. The van der Waals surface area contributed by atoms with E-state index in [4.69, 9.17) is 0 Å². The number of carbonyl (C=O) groups excluding carboxylic acids is 2. The molecule has 1 fully saturated rings. The number of nitrogens with one attached hydrogen (secondary N) is 1. The van der Waals surface area contributed by atoms with Crippen molar-refractivity contribution in [2.75, 3.05) is 13.6 Å². The Morgan fingerprint density at radius 1 is 1.19 bits per heavy atom. The molecule has 0 radical (unpaired) electrons. The maximum absolute atomic E-state index is 13.6. The molecule has 1 rings (SSSR count). The Morgan fingerprint density at radius 2 is 1.78 bits per heavy atom. The number of rotatable bonds is 9. The van der Waals surface area contributed by atoms with Gasteiger partial charge in [-0.3, -0.25) is 14.5 Å². The number of carboxylic acid groups (broad SMARTS) is 1. The summed E-state index contributed by atoms with van der Waals surface area (Å²) in [5.74, 6) is -1.27. The average molecular weight is 452 g/mol. The topological polar surface area (TPSA) is 90.0 Å². The smallest absolute Gasteiger partial charge is 0.331 e. The molecule has 0 saturated carbocycles. The molecule has 1 aliphatic rings. The van der Waals surface area contributed by atoms with E-state index in [1.54, 1.807) is 18.0 Å². The van der Waals surface area contributed by atoms with E-state index in [0.29, 0.717) is 6.04 Å². The van der Waals surface area contributed by atoms with E-state index < -0.39 is 17.4 Å². The molecule has 0 spiro atoms. The lowest BCUT2D eigenvalue weighted by molar-refractivity contribution is -0.142. The van der Waals surface area contributed by atoms with Gasteiger partial charge in [0, 0.05) is 18.7 Å². The first kappa shape index (κ1) is 28.1. The third kappa shape index (κ3) is 7.32. The van der Waals surface area contributed by atoms with Gasteiger partial charge in [-0.25, -0.2) is 4.79 Å². The average Bonchev–Trinajstić information content (AvgIpc) is 2.72. The monoisotopic (exact) mass is 451 g/mol. The zero-order valence-electron chi connectivity index (χ0n) is 21.6. The van der Waals surface area contributed by atoms with Crippen LogP contribution in [0.1, 0.15) is 81.1 Å². The largest absolute Gasteiger partial charge is 0.478 e. The van der Waals surface area contributed by atoms with Crippen LogP contribution < -0.4 is 5.32 Å². The van der Waals surface area contributed by atoms with Gasteiger partial charge in [-0.2, -0.15) is 0 Å². The Bertz CT molecular complexity index is 696. The summed E-state index contributed by atoms with van der Waals surface area (Å²) in [6.07, 6.45) is 5.49. The number of hydrogen-bond donors (Lipinski definition) is 2. The van der Waals surface area contributed by atoms with Crippen molar-refractivity contribution in [3.63, 3.8) is 0 Å². The van der Waals surface area contributed by atoms with E-state index in [9.17, 15) is 19.5 Å². The van der Waals surface area contributed by atoms with Crippen LogP contribution in [0.4, 0.5) is 0 Å². The van der Waals surface area contributed by atoms with Crippen LogP contribution in [0, 0.1) is 11.3 Å². The summed E-state index contributed by atoms with van der Waals surface area (Å²) >= 11 is 0. The Hall–Kier alpha value is -1.89. The molecule has 2 amide bonds. The predicted molar refractivity (Wildman–Crippen MR) is 128 cm³/mol. The fourth-order valence-electron chi connectivity index (χ4n) is 4.31. The number of nitrogens with zero attached hydrogens (tertiary/aromatic N) is 2. The molecule has 1 aliphatic heterocycles. The number of hydrogen-bond acceptors (Lipinski definition) is 4. The molecule has 1 saturated heterocycles. The van der Waals surface area contributed by atoms with Crippen molar-refractivity contribution in [1.82, 2.24) is 15.1 Å². The van der Waals surface area contributed by atoms with Crippen LogP contribution in [0.5, 0.6) is 0 Å². The first-order valence-electron chi connectivity index (χ1n) is 12.0. The van der Waals surface area contributed by atoms with Crippen LogP contribution in [0.15, 0.2) is 11.6 Å². The molecule has 1 unspecified atom stereocenters. The van der Waals surface area contributed by atoms with Gasteiger partial charge in [0.25, 0.3) is 0 Å². The quantitative estimate of drug-likeness (QED) is 0.522. The first-order chi connectivity index (χ1) is 14.7. The van der Waals surface area contributed by atoms with Gasteiger partial charge in [-0.1, -0.05) is 54.0 Å². The maximum atomic E-state index is 13.6. The molecule has 4 atom stereocenters. The van der Waals surface area contributed by atoms with E-state index in [2.05, 4.69) is 24.1 Å². The summed E-state index contributed by atoms with van der Waals surface area (Å²) in [5, 5.41) is 12.4. The minimum atomic E-state index is -1.00. The molecule has 2 N–H and O–H groups in total. The van der Waals surface area contributed by atoms with Crippen LogP contribution in [-0.2, 0) is 14.4 Å². The second-order valence-corrected chi connectivity index (χ2v) is 10.7. The summed E-state index contributed by atoms with van der Waals surface area (Å²) in [6.45, 7) is 16.5. The van der Waals surface area contributed by atoms with Crippen molar-refractivity contribution in [2.45, 2.75) is 105 Å². The molecule has 0 aromatic carbocycles. The lowest BCUT2D eigenvalue weighted by atomic mass is 9.84. The molecular weight excluding hydrogens is 406 g/mol. The van der Waals surface area contributed by atoms with Crippen molar-refractivity contribution in [1.29, 1.82) is 0 Å². The van der Waals surface area contributed by atoms with E-state index in [1.807, 2.05) is 34.6 Å². The molecule has 32 heavy (non-hydrogen) atoms. The fraction of sp³-hybridized carbons (Fsp3) is 0.800. The zero-order valence-corrected chi connectivity index (χ0v) is 21.6. The maximum Gasteiger partial charge on any atom is 0.331 e. The van der Waals surface area contributed by atoms with Gasteiger partial charge in [0.15, 0.2) is 0 Å². The minimum absolute atomic E-state index is 0.0220. The zero-order chi connectivity index (χ0) is 24.8. The van der Waals surface area contributed by atoms with Gasteiger partial charge < -0.3 is 15.3 Å². The summed E-state index contributed by atoms with van der Waals surface area (Å²) in [4.78, 5) is 42.2. The standard InChI is InChI=1S/C25H45N3O4/c1-10-18(5)28-14-12-11-13-19(28)22(29)26-21(25(6,7)8)23(30)27(9)20(16(2)3)15-17(4)24(31)32/h15-16,18-21H,10-14H2,1-9H3,(H,26,29)(H,31,32)/t18?,19-,20-,21-/m1/s1. The molecule has 0 bridgehead atoms. The Labute approximate surface area is 194 Å². The molecule has 0 aromatic rings.